The number of hydrogen-bond donors (Lipinski definition) is 2. The summed E-state index contributed by atoms with van der Waals surface area (Å²) in [5, 5.41) is 10.6. The van der Waals surface area contributed by atoms with Gasteiger partial charge in [-0.2, -0.15) is 5.10 Å². The van der Waals surface area contributed by atoms with Gasteiger partial charge in [-0.25, -0.2) is 0 Å². The normalized spacial score (nSPS) is 9.50. The maximum atomic E-state index is 4.99. The van der Waals surface area contributed by atoms with E-state index in [9.17, 15) is 0 Å². The molecular formula is C7H12N4S. The number of nitrogens with zero attached hydrogens (tertiary/aromatic N) is 2. The minimum atomic E-state index is 0.630. The van der Waals surface area contributed by atoms with Crippen LogP contribution in [0.15, 0.2) is 12.4 Å². The highest BCUT2D eigenvalue weighted by molar-refractivity contribution is 7.80. The van der Waals surface area contributed by atoms with E-state index in [0.29, 0.717) is 5.11 Å². The summed E-state index contributed by atoms with van der Waals surface area (Å²) < 4.78 is 1.72. The highest BCUT2D eigenvalue weighted by atomic mass is 32.1. The zero-order valence-electron chi connectivity index (χ0n) is 7.16. The monoisotopic (exact) mass is 184 g/mol. The average molecular weight is 184 g/mol. The molecule has 0 saturated carbocycles. The van der Waals surface area contributed by atoms with E-state index < -0.39 is 0 Å². The van der Waals surface area contributed by atoms with Crippen LogP contribution in [0.3, 0.4) is 0 Å². The van der Waals surface area contributed by atoms with E-state index in [1.165, 1.54) is 0 Å². The standard InChI is InChI=1S/C7H12N4S/c1-3-8-7(12)10-6-4-9-11(2)5-6/h4-5H,3H2,1-2H3,(H2,8,10,12). The molecule has 0 fully saturated rings. The third-order valence-electron chi connectivity index (χ3n) is 1.30. The number of rotatable bonds is 2. The summed E-state index contributed by atoms with van der Waals surface area (Å²) in [6, 6.07) is 0. The van der Waals surface area contributed by atoms with Gasteiger partial charge in [-0.1, -0.05) is 0 Å². The highest BCUT2D eigenvalue weighted by Crippen LogP contribution is 2.02. The van der Waals surface area contributed by atoms with Gasteiger partial charge in [-0.05, 0) is 19.1 Å². The number of hydrogen-bond acceptors (Lipinski definition) is 2. The second-order valence-corrected chi connectivity index (χ2v) is 2.80. The largest absolute Gasteiger partial charge is 0.363 e. The Labute approximate surface area is 77.0 Å². The van der Waals surface area contributed by atoms with E-state index in [1.54, 1.807) is 10.9 Å². The van der Waals surface area contributed by atoms with Gasteiger partial charge in [0.2, 0.25) is 0 Å². The van der Waals surface area contributed by atoms with E-state index in [0.717, 1.165) is 12.2 Å². The first-order chi connectivity index (χ1) is 5.72. The zero-order valence-corrected chi connectivity index (χ0v) is 7.98. The molecule has 1 rings (SSSR count). The molecule has 0 atom stereocenters. The number of aromatic nitrogens is 2. The highest BCUT2D eigenvalue weighted by Gasteiger charge is 1.96. The minimum Gasteiger partial charge on any atom is -0.363 e. The van der Waals surface area contributed by atoms with Crippen molar-refractivity contribution in [3.63, 3.8) is 0 Å². The summed E-state index contributed by atoms with van der Waals surface area (Å²) in [5.41, 5.74) is 0.906. The Morgan fingerprint density at radius 1 is 1.75 bits per heavy atom. The van der Waals surface area contributed by atoms with Crippen molar-refractivity contribution in [3.05, 3.63) is 12.4 Å². The molecule has 0 radical (unpaired) electrons. The molecule has 4 nitrogen and oxygen atoms in total. The van der Waals surface area contributed by atoms with Crippen LogP contribution in [0, 0.1) is 0 Å². The van der Waals surface area contributed by atoms with Gasteiger partial charge in [0.05, 0.1) is 11.9 Å². The predicted octanol–water partition coefficient (Wildman–Crippen LogP) is 0.726. The van der Waals surface area contributed by atoms with Gasteiger partial charge < -0.3 is 10.6 Å². The molecule has 0 spiro atoms. The van der Waals surface area contributed by atoms with Crippen molar-refractivity contribution < 1.29 is 0 Å². The fraction of sp³-hybridized carbons (Fsp3) is 0.429. The van der Waals surface area contributed by atoms with Crippen LogP contribution in [0.5, 0.6) is 0 Å². The van der Waals surface area contributed by atoms with Crippen LogP contribution in [-0.2, 0) is 7.05 Å². The number of nitrogens with one attached hydrogen (secondary N) is 2. The Morgan fingerprint density at radius 3 is 3.00 bits per heavy atom. The topological polar surface area (TPSA) is 41.9 Å². The lowest BCUT2D eigenvalue weighted by atomic mass is 10.6. The van der Waals surface area contributed by atoms with Crippen molar-refractivity contribution >= 4 is 23.0 Å². The molecule has 66 valence electrons. The van der Waals surface area contributed by atoms with Crippen LogP contribution >= 0.6 is 12.2 Å². The molecule has 0 saturated heterocycles. The molecule has 1 heterocycles. The van der Waals surface area contributed by atoms with Gasteiger partial charge in [0.15, 0.2) is 5.11 Å². The lowest BCUT2D eigenvalue weighted by Gasteiger charge is -2.04. The smallest absolute Gasteiger partial charge is 0.170 e. The molecule has 0 amide bonds. The fourth-order valence-corrected chi connectivity index (χ4v) is 1.08. The summed E-state index contributed by atoms with van der Waals surface area (Å²) in [6.07, 6.45) is 3.59. The lowest BCUT2D eigenvalue weighted by molar-refractivity contribution is 0.768. The molecule has 5 heteroatoms. The molecule has 0 aliphatic carbocycles. The summed E-state index contributed by atoms with van der Waals surface area (Å²) in [4.78, 5) is 0. The van der Waals surface area contributed by atoms with Gasteiger partial charge >= 0.3 is 0 Å². The zero-order chi connectivity index (χ0) is 8.97. The molecule has 2 N–H and O–H groups in total. The van der Waals surface area contributed by atoms with E-state index >= 15 is 0 Å². The van der Waals surface area contributed by atoms with Crippen molar-refractivity contribution in [2.45, 2.75) is 6.92 Å². The summed E-state index contributed by atoms with van der Waals surface area (Å²) in [5.74, 6) is 0. The molecular weight excluding hydrogens is 172 g/mol. The first-order valence-corrected chi connectivity index (χ1v) is 4.16. The van der Waals surface area contributed by atoms with Crippen LogP contribution in [0.4, 0.5) is 5.69 Å². The third-order valence-corrected chi connectivity index (χ3v) is 1.55. The number of anilines is 1. The second-order valence-electron chi connectivity index (χ2n) is 2.39. The average Bonchev–Trinajstić information content (AvgIpc) is 2.36. The van der Waals surface area contributed by atoms with E-state index in [4.69, 9.17) is 12.2 Å². The maximum Gasteiger partial charge on any atom is 0.170 e. The van der Waals surface area contributed by atoms with Crippen molar-refractivity contribution in [2.75, 3.05) is 11.9 Å². The Kier molecular flexibility index (Phi) is 3.04. The van der Waals surface area contributed by atoms with Gasteiger partial charge in [0.25, 0.3) is 0 Å². The Morgan fingerprint density at radius 2 is 2.50 bits per heavy atom. The second kappa shape index (κ2) is 4.06. The molecule has 1 aromatic rings. The summed E-state index contributed by atoms with van der Waals surface area (Å²) in [6.45, 7) is 2.82. The molecule has 0 unspecified atom stereocenters. The first kappa shape index (κ1) is 8.99. The van der Waals surface area contributed by atoms with Crippen molar-refractivity contribution in [1.29, 1.82) is 0 Å². The number of thiocarbonyl (C=S) groups is 1. The fourth-order valence-electron chi connectivity index (χ4n) is 0.822. The maximum absolute atomic E-state index is 4.99. The van der Waals surface area contributed by atoms with E-state index in [2.05, 4.69) is 15.7 Å². The Bertz CT molecular complexity index is 268. The minimum absolute atomic E-state index is 0.630. The summed E-state index contributed by atoms with van der Waals surface area (Å²) >= 11 is 4.99. The van der Waals surface area contributed by atoms with Crippen molar-refractivity contribution in [2.24, 2.45) is 7.05 Å². The van der Waals surface area contributed by atoms with Crippen LogP contribution in [0.1, 0.15) is 6.92 Å². The van der Waals surface area contributed by atoms with Gasteiger partial charge in [-0.3, -0.25) is 4.68 Å². The van der Waals surface area contributed by atoms with Gasteiger partial charge in [-0.15, -0.1) is 0 Å². The third kappa shape index (κ3) is 2.50. The quantitative estimate of drug-likeness (QED) is 0.665. The first-order valence-electron chi connectivity index (χ1n) is 3.76. The van der Waals surface area contributed by atoms with E-state index in [-0.39, 0.29) is 0 Å². The van der Waals surface area contributed by atoms with Crippen LogP contribution in [0.2, 0.25) is 0 Å². The van der Waals surface area contributed by atoms with Crippen molar-refractivity contribution in [1.82, 2.24) is 15.1 Å². The van der Waals surface area contributed by atoms with E-state index in [1.807, 2.05) is 20.2 Å². The molecule has 0 aliphatic heterocycles. The molecule has 0 bridgehead atoms. The molecule has 1 aromatic heterocycles. The van der Waals surface area contributed by atoms with Crippen molar-refractivity contribution in [3.8, 4) is 0 Å². The predicted molar refractivity (Wildman–Crippen MR) is 53.1 cm³/mol. The van der Waals surface area contributed by atoms with Gasteiger partial charge in [0.1, 0.15) is 0 Å². The molecule has 0 aliphatic rings. The molecule has 0 aromatic carbocycles. The van der Waals surface area contributed by atoms with Crippen LogP contribution in [0.25, 0.3) is 0 Å². The van der Waals surface area contributed by atoms with Crippen LogP contribution in [-0.4, -0.2) is 21.4 Å². The van der Waals surface area contributed by atoms with Gasteiger partial charge in [0, 0.05) is 19.8 Å². The number of aryl methyl sites for hydroxylation is 1. The Hall–Kier alpha value is -1.10. The van der Waals surface area contributed by atoms with Crippen LogP contribution < -0.4 is 10.6 Å². The summed E-state index contributed by atoms with van der Waals surface area (Å²) in [7, 11) is 1.86. The molecule has 12 heavy (non-hydrogen) atoms. The SMILES string of the molecule is CCNC(=S)Nc1cnn(C)c1. The lowest BCUT2D eigenvalue weighted by Crippen LogP contribution is -2.27. The Balaban J connectivity index is 2.46.